The summed E-state index contributed by atoms with van der Waals surface area (Å²) in [5, 5.41) is 0. The van der Waals surface area contributed by atoms with Crippen molar-refractivity contribution >= 4 is 7.82 Å². The Balaban J connectivity index is 1.14. The number of phosphoric acid groups is 1. The Bertz CT molecular complexity index is 2080. The van der Waals surface area contributed by atoms with E-state index in [4.69, 9.17) is 37.3 Å². The first kappa shape index (κ1) is 38.0. The third-order valence-corrected chi connectivity index (χ3v) is 11.0. The number of rotatable bonds is 15. The number of benzene rings is 6. The van der Waals surface area contributed by atoms with E-state index < -0.39 is 44.8 Å². The van der Waals surface area contributed by atoms with Crippen molar-refractivity contribution in [2.75, 3.05) is 6.61 Å². The summed E-state index contributed by atoms with van der Waals surface area (Å²) >= 11 is 0. The third kappa shape index (κ3) is 9.71. The summed E-state index contributed by atoms with van der Waals surface area (Å²) in [6.45, 7) is 0.318. The maximum atomic E-state index is 15.0. The van der Waals surface area contributed by atoms with E-state index in [2.05, 4.69) is 0 Å². The Morgan fingerprint density at radius 2 is 1.04 bits per heavy atom. The van der Waals surface area contributed by atoms with Gasteiger partial charge >= 0.3 is 7.82 Å². The standard InChI is InChI=1S/C46H43O9P/c47-56(50-31-35-18-8-2-9-19-35,51-32-36-20-10-3-11-21-36)55-44-43(48-30-34-16-6-1-7-17-34)42-41(33-49-45(54-42)39-24-14-5-15-25-39)53-46(44)52-40-28-26-38(27-29-40)37-22-12-4-13-23-37/h1-29,41-46H,30-33H2. The van der Waals surface area contributed by atoms with E-state index in [0.717, 1.165) is 33.4 Å². The van der Waals surface area contributed by atoms with E-state index in [1.165, 1.54) is 0 Å². The number of hydrogen-bond acceptors (Lipinski definition) is 9. The summed E-state index contributed by atoms with van der Waals surface area (Å²) in [5.74, 6) is 0.508. The lowest BCUT2D eigenvalue weighted by Crippen LogP contribution is -2.64. The van der Waals surface area contributed by atoms with E-state index in [0.29, 0.717) is 5.75 Å². The van der Waals surface area contributed by atoms with Crippen molar-refractivity contribution in [3.05, 3.63) is 198 Å². The molecule has 2 heterocycles. The summed E-state index contributed by atoms with van der Waals surface area (Å²) in [5.41, 5.74) is 5.45. The molecule has 0 spiro atoms. The van der Waals surface area contributed by atoms with E-state index in [-0.39, 0.29) is 26.4 Å². The van der Waals surface area contributed by atoms with Crippen molar-refractivity contribution in [1.29, 1.82) is 0 Å². The van der Waals surface area contributed by atoms with Gasteiger partial charge in [0.2, 0.25) is 6.29 Å². The van der Waals surface area contributed by atoms with Crippen LogP contribution in [0.25, 0.3) is 11.1 Å². The lowest BCUT2D eigenvalue weighted by atomic mass is 9.97. The van der Waals surface area contributed by atoms with E-state index in [1.807, 2.05) is 176 Å². The van der Waals surface area contributed by atoms with Crippen molar-refractivity contribution < 1.29 is 41.8 Å². The Morgan fingerprint density at radius 3 is 1.61 bits per heavy atom. The van der Waals surface area contributed by atoms with Gasteiger partial charge < -0.3 is 23.7 Å². The molecule has 0 radical (unpaired) electrons. The summed E-state index contributed by atoms with van der Waals surface area (Å²) in [6, 6.07) is 56.1. The second-order valence-corrected chi connectivity index (χ2v) is 15.1. The summed E-state index contributed by atoms with van der Waals surface area (Å²) < 4.78 is 66.7. The minimum absolute atomic E-state index is 0.0328. The molecule has 0 amide bonds. The quantitative estimate of drug-likeness (QED) is 0.0947. The second-order valence-electron chi connectivity index (χ2n) is 13.5. The van der Waals surface area contributed by atoms with Gasteiger partial charge in [-0.2, -0.15) is 0 Å². The highest BCUT2D eigenvalue weighted by atomic mass is 31.2. The molecular formula is C46H43O9P. The molecule has 10 heteroatoms. The van der Waals surface area contributed by atoms with Gasteiger partial charge in [0.1, 0.15) is 24.1 Å². The van der Waals surface area contributed by atoms with Crippen molar-refractivity contribution in [2.45, 2.75) is 56.8 Å². The van der Waals surface area contributed by atoms with Gasteiger partial charge in [-0.1, -0.05) is 164 Å². The van der Waals surface area contributed by atoms with Crippen LogP contribution in [0.3, 0.4) is 0 Å². The van der Waals surface area contributed by atoms with E-state index >= 15 is 0 Å². The average Bonchev–Trinajstić information content (AvgIpc) is 3.27. The van der Waals surface area contributed by atoms with Gasteiger partial charge in [-0.15, -0.1) is 0 Å². The zero-order chi connectivity index (χ0) is 38.0. The molecule has 6 atom stereocenters. The molecule has 0 aromatic heterocycles. The van der Waals surface area contributed by atoms with Crippen LogP contribution < -0.4 is 4.74 Å². The smallest absolute Gasteiger partial charge is 0.462 e. The highest BCUT2D eigenvalue weighted by Gasteiger charge is 2.55. The molecule has 0 N–H and O–H groups in total. The van der Waals surface area contributed by atoms with Crippen LogP contribution in [-0.2, 0) is 56.9 Å². The van der Waals surface area contributed by atoms with Gasteiger partial charge in [0.05, 0.1) is 26.4 Å². The van der Waals surface area contributed by atoms with Crippen LogP contribution in [0.1, 0.15) is 28.5 Å². The second kappa shape index (κ2) is 18.3. The van der Waals surface area contributed by atoms with Crippen LogP contribution in [0, 0.1) is 0 Å². The molecule has 2 saturated heterocycles. The number of ether oxygens (including phenoxy) is 5. The first-order valence-corrected chi connectivity index (χ1v) is 20.2. The van der Waals surface area contributed by atoms with Gasteiger partial charge in [-0.25, -0.2) is 4.57 Å². The topological polar surface area (TPSA) is 90.9 Å². The van der Waals surface area contributed by atoms with E-state index in [9.17, 15) is 4.57 Å². The first-order chi connectivity index (χ1) is 27.6. The Hall–Kier alpha value is -4.93. The van der Waals surface area contributed by atoms with Crippen LogP contribution in [-0.4, -0.2) is 37.3 Å². The number of hydrogen-bond donors (Lipinski definition) is 0. The third-order valence-electron chi connectivity index (χ3n) is 9.57. The monoisotopic (exact) mass is 770 g/mol. The van der Waals surface area contributed by atoms with Gasteiger partial charge in [0.15, 0.2) is 12.4 Å². The van der Waals surface area contributed by atoms with Crippen molar-refractivity contribution in [2.24, 2.45) is 0 Å². The summed E-state index contributed by atoms with van der Waals surface area (Å²) in [6.07, 6.45) is -5.25. The zero-order valence-corrected chi connectivity index (χ0v) is 31.6. The van der Waals surface area contributed by atoms with Crippen LogP contribution in [0.15, 0.2) is 176 Å². The maximum Gasteiger partial charge on any atom is 0.476 e. The van der Waals surface area contributed by atoms with Gasteiger partial charge in [0.25, 0.3) is 0 Å². The highest BCUT2D eigenvalue weighted by Crippen LogP contribution is 2.54. The van der Waals surface area contributed by atoms with Crippen LogP contribution >= 0.6 is 7.82 Å². The van der Waals surface area contributed by atoms with Crippen molar-refractivity contribution in [1.82, 2.24) is 0 Å². The molecule has 8 rings (SSSR count). The summed E-state index contributed by atoms with van der Waals surface area (Å²) in [7, 11) is -4.39. The molecular weight excluding hydrogens is 727 g/mol. The predicted octanol–water partition coefficient (Wildman–Crippen LogP) is 10.1. The Kier molecular flexibility index (Phi) is 12.4. The van der Waals surface area contributed by atoms with Crippen molar-refractivity contribution in [3.8, 4) is 16.9 Å². The Labute approximate surface area is 327 Å². The zero-order valence-electron chi connectivity index (χ0n) is 30.7. The molecule has 0 aliphatic carbocycles. The maximum absolute atomic E-state index is 15.0. The SMILES string of the molecule is O=P(OCc1ccccc1)(OCc1ccccc1)OC1C(Oc2ccc(-c3ccccc3)cc2)OC2COC(c3ccccc3)OC2C1OCc1ccccc1. The van der Waals surface area contributed by atoms with E-state index in [1.54, 1.807) is 0 Å². The molecule has 56 heavy (non-hydrogen) atoms. The largest absolute Gasteiger partial charge is 0.476 e. The molecule has 2 aliphatic heterocycles. The fraction of sp³-hybridized carbons (Fsp3) is 0.217. The molecule has 286 valence electrons. The predicted molar refractivity (Wildman–Crippen MR) is 211 cm³/mol. The molecule has 0 saturated carbocycles. The fourth-order valence-corrected chi connectivity index (χ4v) is 8.01. The highest BCUT2D eigenvalue weighted by molar-refractivity contribution is 7.48. The normalized spacial score (nSPS) is 22.2. The summed E-state index contributed by atoms with van der Waals surface area (Å²) in [4.78, 5) is 0. The van der Waals surface area contributed by atoms with Crippen molar-refractivity contribution in [3.63, 3.8) is 0 Å². The minimum atomic E-state index is -4.39. The lowest BCUT2D eigenvalue weighted by Gasteiger charge is -2.48. The van der Waals surface area contributed by atoms with Crippen LogP contribution in [0.4, 0.5) is 0 Å². The molecule has 9 nitrogen and oxygen atoms in total. The Morgan fingerprint density at radius 1 is 0.536 bits per heavy atom. The average molecular weight is 771 g/mol. The molecule has 2 aliphatic rings. The molecule has 6 unspecified atom stereocenters. The van der Waals surface area contributed by atoms with Crippen LogP contribution in [0.5, 0.6) is 5.75 Å². The molecule has 6 aromatic rings. The lowest BCUT2D eigenvalue weighted by molar-refractivity contribution is -0.354. The molecule has 2 fully saturated rings. The fourth-order valence-electron chi connectivity index (χ4n) is 6.68. The first-order valence-electron chi connectivity index (χ1n) is 18.7. The van der Waals surface area contributed by atoms with Crippen LogP contribution in [0.2, 0.25) is 0 Å². The van der Waals surface area contributed by atoms with Gasteiger partial charge in [-0.05, 0) is 39.9 Å². The number of phosphoric ester groups is 1. The van der Waals surface area contributed by atoms with Gasteiger partial charge in [-0.3, -0.25) is 13.6 Å². The minimum Gasteiger partial charge on any atom is -0.462 e. The van der Waals surface area contributed by atoms with Gasteiger partial charge in [0, 0.05) is 5.56 Å². The molecule has 6 aromatic carbocycles. The number of fused-ring (bicyclic) bond motifs is 1. The molecule has 0 bridgehead atoms.